The molecule has 0 radical (unpaired) electrons. The van der Waals surface area contributed by atoms with Crippen LogP contribution in [-0.2, 0) is 9.53 Å². The molecule has 160 valence electrons. The van der Waals surface area contributed by atoms with Gasteiger partial charge in [0.15, 0.2) is 0 Å². The number of hydrogen-bond acceptors (Lipinski definition) is 4. The maximum atomic E-state index is 12.5. The van der Waals surface area contributed by atoms with Crippen LogP contribution in [-0.4, -0.2) is 61.8 Å². The molecule has 3 fully saturated rings. The Morgan fingerprint density at radius 2 is 1.89 bits per heavy atom. The van der Waals surface area contributed by atoms with Gasteiger partial charge in [0.2, 0.25) is 5.91 Å². The highest BCUT2D eigenvalue weighted by atomic mass is 35.5. The standard InChI is InChI=1S/C20H37N3O2.2ClH/c1-3-25-10-4-8-23-9-7-19(15(2)14-23)22-20(24)13-16-11-17-5-6-18(12-16)21-17;;/h15-19,21H,3-14H2,1-2H3,(H,22,24);2*1H. The van der Waals surface area contributed by atoms with Gasteiger partial charge < -0.3 is 20.3 Å². The molecular formula is C20H39Cl2N3O2. The maximum absolute atomic E-state index is 12.5. The number of likely N-dealkylation sites (tertiary alicyclic amines) is 1. The van der Waals surface area contributed by atoms with Crippen LogP contribution in [0.25, 0.3) is 0 Å². The predicted molar refractivity (Wildman–Crippen MR) is 115 cm³/mol. The Hall–Kier alpha value is -0.0700. The van der Waals surface area contributed by atoms with E-state index in [-0.39, 0.29) is 30.7 Å². The average Bonchev–Trinajstić information content (AvgIpc) is 2.92. The minimum atomic E-state index is 0. The number of hydrogen-bond donors (Lipinski definition) is 2. The monoisotopic (exact) mass is 423 g/mol. The van der Waals surface area contributed by atoms with Crippen molar-refractivity contribution in [1.29, 1.82) is 0 Å². The Morgan fingerprint density at radius 3 is 2.52 bits per heavy atom. The summed E-state index contributed by atoms with van der Waals surface area (Å²) in [6.45, 7) is 9.30. The molecule has 27 heavy (non-hydrogen) atoms. The van der Waals surface area contributed by atoms with Gasteiger partial charge in [-0.05, 0) is 57.3 Å². The number of amides is 1. The van der Waals surface area contributed by atoms with Gasteiger partial charge in [-0.2, -0.15) is 0 Å². The van der Waals surface area contributed by atoms with Crippen molar-refractivity contribution in [3.63, 3.8) is 0 Å². The largest absolute Gasteiger partial charge is 0.382 e. The van der Waals surface area contributed by atoms with Gasteiger partial charge in [-0.3, -0.25) is 4.79 Å². The molecule has 2 N–H and O–H groups in total. The van der Waals surface area contributed by atoms with Crippen molar-refractivity contribution >= 4 is 30.7 Å². The fraction of sp³-hybridized carbons (Fsp3) is 0.950. The van der Waals surface area contributed by atoms with E-state index in [2.05, 4.69) is 22.5 Å². The van der Waals surface area contributed by atoms with Crippen LogP contribution in [0.15, 0.2) is 0 Å². The van der Waals surface area contributed by atoms with E-state index in [4.69, 9.17) is 4.74 Å². The van der Waals surface area contributed by atoms with E-state index in [0.717, 1.165) is 52.1 Å². The molecule has 0 aliphatic carbocycles. The van der Waals surface area contributed by atoms with E-state index in [0.29, 0.717) is 30.0 Å². The van der Waals surface area contributed by atoms with E-state index in [9.17, 15) is 4.79 Å². The highest BCUT2D eigenvalue weighted by molar-refractivity contribution is 5.85. The normalized spacial score (nSPS) is 33.0. The molecule has 3 aliphatic heterocycles. The van der Waals surface area contributed by atoms with Crippen molar-refractivity contribution in [2.75, 3.05) is 32.8 Å². The smallest absolute Gasteiger partial charge is 0.220 e. The first kappa shape index (κ1) is 25.0. The lowest BCUT2D eigenvalue weighted by molar-refractivity contribution is -0.123. The highest BCUT2D eigenvalue weighted by Gasteiger charge is 2.35. The van der Waals surface area contributed by atoms with Crippen molar-refractivity contribution in [3.05, 3.63) is 0 Å². The van der Waals surface area contributed by atoms with Gasteiger partial charge in [-0.15, -0.1) is 24.8 Å². The first-order chi connectivity index (χ1) is 12.1. The molecular weight excluding hydrogens is 385 g/mol. The molecule has 3 saturated heterocycles. The van der Waals surface area contributed by atoms with E-state index in [1.54, 1.807) is 0 Å². The third-order valence-corrected chi connectivity index (χ3v) is 6.35. The zero-order valence-electron chi connectivity index (χ0n) is 17.0. The average molecular weight is 424 g/mol. The number of carbonyl (C=O) groups is 1. The van der Waals surface area contributed by atoms with Crippen LogP contribution in [0, 0.1) is 11.8 Å². The van der Waals surface area contributed by atoms with Crippen LogP contribution in [0.5, 0.6) is 0 Å². The summed E-state index contributed by atoms with van der Waals surface area (Å²) in [4.78, 5) is 15.0. The zero-order chi connectivity index (χ0) is 17.6. The molecule has 4 atom stereocenters. The van der Waals surface area contributed by atoms with Crippen LogP contribution < -0.4 is 10.6 Å². The Balaban J connectivity index is 0.00000182. The Labute approximate surface area is 177 Å². The van der Waals surface area contributed by atoms with Crippen molar-refractivity contribution in [2.24, 2.45) is 11.8 Å². The number of piperidine rings is 2. The Bertz CT molecular complexity index is 429. The third-order valence-electron chi connectivity index (χ3n) is 6.35. The minimum absolute atomic E-state index is 0. The van der Waals surface area contributed by atoms with Gasteiger partial charge in [0.05, 0.1) is 0 Å². The first-order valence-corrected chi connectivity index (χ1v) is 10.5. The van der Waals surface area contributed by atoms with E-state index in [1.165, 1.54) is 25.7 Å². The molecule has 7 heteroatoms. The lowest BCUT2D eigenvalue weighted by Gasteiger charge is -2.37. The predicted octanol–water partition coefficient (Wildman–Crippen LogP) is 3.00. The second kappa shape index (κ2) is 12.5. The molecule has 2 bridgehead atoms. The van der Waals surface area contributed by atoms with Gasteiger partial charge in [-0.25, -0.2) is 0 Å². The van der Waals surface area contributed by atoms with Crippen molar-refractivity contribution < 1.29 is 9.53 Å². The van der Waals surface area contributed by atoms with Gasteiger partial charge in [0, 0.05) is 57.4 Å². The van der Waals surface area contributed by atoms with Gasteiger partial charge in [-0.1, -0.05) is 6.92 Å². The fourth-order valence-electron chi connectivity index (χ4n) is 5.05. The minimum Gasteiger partial charge on any atom is -0.382 e. The van der Waals surface area contributed by atoms with Gasteiger partial charge in [0.1, 0.15) is 0 Å². The molecule has 0 aromatic carbocycles. The maximum Gasteiger partial charge on any atom is 0.220 e. The summed E-state index contributed by atoms with van der Waals surface area (Å²) in [7, 11) is 0. The van der Waals surface area contributed by atoms with Crippen molar-refractivity contribution in [3.8, 4) is 0 Å². The number of nitrogens with zero attached hydrogens (tertiary/aromatic N) is 1. The number of fused-ring (bicyclic) bond motifs is 2. The van der Waals surface area contributed by atoms with Gasteiger partial charge in [0.25, 0.3) is 0 Å². The topological polar surface area (TPSA) is 53.6 Å². The quantitative estimate of drug-likeness (QED) is 0.589. The lowest BCUT2D eigenvalue weighted by Crippen LogP contribution is -2.50. The molecule has 5 nitrogen and oxygen atoms in total. The van der Waals surface area contributed by atoms with Gasteiger partial charge >= 0.3 is 0 Å². The molecule has 0 spiro atoms. The highest BCUT2D eigenvalue weighted by Crippen LogP contribution is 2.32. The summed E-state index contributed by atoms with van der Waals surface area (Å²) >= 11 is 0. The summed E-state index contributed by atoms with van der Waals surface area (Å²) < 4.78 is 5.43. The summed E-state index contributed by atoms with van der Waals surface area (Å²) in [6, 6.07) is 1.71. The molecule has 4 unspecified atom stereocenters. The van der Waals surface area contributed by atoms with Crippen molar-refractivity contribution in [2.45, 2.75) is 76.9 Å². The molecule has 3 heterocycles. The number of rotatable bonds is 8. The lowest BCUT2D eigenvalue weighted by atomic mass is 9.88. The van der Waals surface area contributed by atoms with E-state index in [1.807, 2.05) is 6.92 Å². The third kappa shape index (κ3) is 7.69. The second-order valence-electron chi connectivity index (χ2n) is 8.47. The van der Waals surface area contributed by atoms with E-state index < -0.39 is 0 Å². The Kier molecular flexibility index (Phi) is 11.5. The van der Waals surface area contributed by atoms with Crippen LogP contribution >= 0.6 is 24.8 Å². The molecule has 3 rings (SSSR count). The van der Waals surface area contributed by atoms with Crippen LogP contribution in [0.2, 0.25) is 0 Å². The fourth-order valence-corrected chi connectivity index (χ4v) is 5.05. The Morgan fingerprint density at radius 1 is 1.19 bits per heavy atom. The number of ether oxygens (including phenoxy) is 1. The molecule has 1 amide bonds. The molecule has 3 aliphatic rings. The second-order valence-corrected chi connectivity index (χ2v) is 8.47. The van der Waals surface area contributed by atoms with Crippen LogP contribution in [0.4, 0.5) is 0 Å². The first-order valence-electron chi connectivity index (χ1n) is 10.5. The van der Waals surface area contributed by atoms with Crippen molar-refractivity contribution in [1.82, 2.24) is 15.5 Å². The number of carbonyl (C=O) groups excluding carboxylic acids is 1. The number of halogens is 2. The summed E-state index contributed by atoms with van der Waals surface area (Å²) in [5.74, 6) is 1.41. The number of nitrogens with one attached hydrogen (secondary N) is 2. The molecule has 0 saturated carbocycles. The zero-order valence-corrected chi connectivity index (χ0v) is 18.6. The van der Waals surface area contributed by atoms with E-state index >= 15 is 0 Å². The summed E-state index contributed by atoms with van der Waals surface area (Å²) in [5.41, 5.74) is 0. The van der Waals surface area contributed by atoms with Crippen LogP contribution in [0.1, 0.15) is 58.8 Å². The molecule has 0 aromatic heterocycles. The molecule has 0 aromatic rings. The van der Waals surface area contributed by atoms with Crippen LogP contribution in [0.3, 0.4) is 0 Å². The SMILES string of the molecule is CCOCCCN1CCC(NC(=O)CC2CC3CCC(C2)N3)C(C)C1.Cl.Cl. The summed E-state index contributed by atoms with van der Waals surface area (Å²) in [6.07, 6.45) is 7.92. The summed E-state index contributed by atoms with van der Waals surface area (Å²) in [5, 5.41) is 7.02.